The fourth-order valence-electron chi connectivity index (χ4n) is 6.40. The van der Waals surface area contributed by atoms with Crippen LogP contribution in [-0.4, -0.2) is 43.8 Å². The van der Waals surface area contributed by atoms with Gasteiger partial charge in [-0.1, -0.05) is 97.3 Å². The van der Waals surface area contributed by atoms with E-state index in [9.17, 15) is 18.0 Å². The average molecular weight is 720 g/mol. The number of anilines is 1. The molecule has 268 valence electrons. The van der Waals surface area contributed by atoms with E-state index >= 15 is 4.39 Å². The standard InChI is InChI=1S/C42H42FN3O5S/c1-31-20-26-38(27-21-31)52(49,50)46(35-22-24-37(25-23-35)51-36-17-6-3-7-18-36)30-41(47)45(29-33-14-8-11-19-39(33)43)40(28-32-12-4-2-5-13-32)42(48)44-34-15-9-10-16-34/h2-8,11-14,17-27,34,40H,9-10,15-16,28-30H2,1H3,(H,44,48)/t40-/m0/s1. The molecule has 5 aromatic carbocycles. The Kier molecular flexibility index (Phi) is 11.7. The number of aryl methyl sites for hydroxylation is 1. The average Bonchev–Trinajstić information content (AvgIpc) is 3.67. The highest BCUT2D eigenvalue weighted by atomic mass is 32.2. The summed E-state index contributed by atoms with van der Waals surface area (Å²) in [5, 5.41) is 3.14. The Bertz CT molecular complexity index is 2060. The number of halogens is 1. The van der Waals surface area contributed by atoms with Crippen molar-refractivity contribution in [3.05, 3.63) is 156 Å². The smallest absolute Gasteiger partial charge is 0.264 e. The van der Waals surface area contributed by atoms with E-state index in [0.717, 1.165) is 41.1 Å². The second-order valence-electron chi connectivity index (χ2n) is 13.0. The minimum absolute atomic E-state index is 0.00372. The van der Waals surface area contributed by atoms with Crippen LogP contribution in [0.3, 0.4) is 0 Å². The van der Waals surface area contributed by atoms with Crippen LogP contribution >= 0.6 is 0 Å². The Morgan fingerprint density at radius 1 is 0.788 bits per heavy atom. The Labute approximate surface area is 304 Å². The van der Waals surface area contributed by atoms with Gasteiger partial charge in [0.15, 0.2) is 0 Å². The topological polar surface area (TPSA) is 96.0 Å². The first-order valence-electron chi connectivity index (χ1n) is 17.5. The van der Waals surface area contributed by atoms with Crippen LogP contribution in [0.5, 0.6) is 11.5 Å². The van der Waals surface area contributed by atoms with Crippen molar-refractivity contribution in [2.45, 2.75) is 62.6 Å². The van der Waals surface area contributed by atoms with Crippen molar-refractivity contribution in [2.24, 2.45) is 0 Å². The second-order valence-corrected chi connectivity index (χ2v) is 14.9. The van der Waals surface area contributed by atoms with Crippen molar-refractivity contribution in [1.82, 2.24) is 10.2 Å². The molecule has 0 aliphatic heterocycles. The molecule has 6 rings (SSSR count). The number of para-hydroxylation sites is 1. The summed E-state index contributed by atoms with van der Waals surface area (Å²) in [4.78, 5) is 30.2. The number of ether oxygens (including phenoxy) is 1. The van der Waals surface area contributed by atoms with Crippen molar-refractivity contribution in [1.29, 1.82) is 0 Å². The summed E-state index contributed by atoms with van der Waals surface area (Å²) in [6, 6.07) is 36.3. The highest BCUT2D eigenvalue weighted by molar-refractivity contribution is 7.92. The quantitative estimate of drug-likeness (QED) is 0.126. The molecule has 8 nitrogen and oxygen atoms in total. The number of hydrogen-bond donors (Lipinski definition) is 1. The van der Waals surface area contributed by atoms with E-state index in [-0.39, 0.29) is 41.1 Å². The van der Waals surface area contributed by atoms with Crippen LogP contribution in [0.4, 0.5) is 10.1 Å². The Hall–Kier alpha value is -5.48. The van der Waals surface area contributed by atoms with Crippen LogP contribution in [0.1, 0.15) is 42.4 Å². The largest absolute Gasteiger partial charge is 0.457 e. The summed E-state index contributed by atoms with van der Waals surface area (Å²) in [5.74, 6) is -0.477. The van der Waals surface area contributed by atoms with Crippen LogP contribution < -0.4 is 14.4 Å². The normalized spacial score (nSPS) is 13.7. The van der Waals surface area contributed by atoms with Crippen molar-refractivity contribution in [2.75, 3.05) is 10.8 Å². The van der Waals surface area contributed by atoms with Crippen LogP contribution in [-0.2, 0) is 32.6 Å². The van der Waals surface area contributed by atoms with Gasteiger partial charge in [0.1, 0.15) is 29.9 Å². The number of rotatable bonds is 14. The second kappa shape index (κ2) is 16.7. The molecule has 10 heteroatoms. The van der Waals surface area contributed by atoms with E-state index in [4.69, 9.17) is 4.74 Å². The molecule has 1 N–H and O–H groups in total. The van der Waals surface area contributed by atoms with Crippen molar-refractivity contribution < 1.29 is 27.1 Å². The third-order valence-corrected chi connectivity index (χ3v) is 11.1. The first kappa shape index (κ1) is 36.3. The fraction of sp³-hybridized carbons (Fsp3) is 0.238. The zero-order chi connectivity index (χ0) is 36.5. The molecule has 0 unspecified atom stereocenters. The summed E-state index contributed by atoms with van der Waals surface area (Å²) in [6.07, 6.45) is 3.80. The minimum atomic E-state index is -4.31. The molecular formula is C42H42FN3O5S. The third-order valence-electron chi connectivity index (χ3n) is 9.26. The lowest BCUT2D eigenvalue weighted by Gasteiger charge is -2.34. The molecule has 0 saturated heterocycles. The Morgan fingerprint density at radius 2 is 1.38 bits per heavy atom. The maximum atomic E-state index is 15.2. The Morgan fingerprint density at radius 3 is 2.04 bits per heavy atom. The highest BCUT2D eigenvalue weighted by Gasteiger charge is 2.36. The van der Waals surface area contributed by atoms with Gasteiger partial charge in [-0.2, -0.15) is 0 Å². The number of carbonyl (C=O) groups excluding carboxylic acids is 2. The lowest BCUT2D eigenvalue weighted by atomic mass is 10.0. The minimum Gasteiger partial charge on any atom is -0.457 e. The van der Waals surface area contributed by atoms with Gasteiger partial charge in [0, 0.05) is 24.6 Å². The lowest BCUT2D eigenvalue weighted by Crippen LogP contribution is -2.54. The maximum Gasteiger partial charge on any atom is 0.264 e. The van der Waals surface area contributed by atoms with E-state index in [1.807, 2.05) is 55.5 Å². The van der Waals surface area contributed by atoms with Gasteiger partial charge in [0.2, 0.25) is 11.8 Å². The molecule has 5 aromatic rings. The molecule has 1 fully saturated rings. The summed E-state index contributed by atoms with van der Waals surface area (Å²) < 4.78 is 51.0. The molecule has 1 aliphatic rings. The van der Waals surface area contributed by atoms with E-state index < -0.39 is 34.3 Å². The zero-order valence-corrected chi connectivity index (χ0v) is 29.8. The van der Waals surface area contributed by atoms with Gasteiger partial charge >= 0.3 is 0 Å². The summed E-state index contributed by atoms with van der Waals surface area (Å²) in [5.41, 5.74) is 2.10. The van der Waals surface area contributed by atoms with Crippen molar-refractivity contribution >= 4 is 27.5 Å². The first-order chi connectivity index (χ1) is 25.2. The van der Waals surface area contributed by atoms with Crippen LogP contribution in [0.15, 0.2) is 138 Å². The molecule has 1 atom stereocenters. The van der Waals surface area contributed by atoms with Crippen LogP contribution in [0, 0.1) is 12.7 Å². The summed E-state index contributed by atoms with van der Waals surface area (Å²) >= 11 is 0. The lowest BCUT2D eigenvalue weighted by molar-refractivity contribution is -0.140. The molecule has 0 heterocycles. The predicted octanol–water partition coefficient (Wildman–Crippen LogP) is 7.82. The molecule has 1 aliphatic carbocycles. The molecular weight excluding hydrogens is 678 g/mol. The number of nitrogens with zero attached hydrogens (tertiary/aromatic N) is 2. The molecule has 0 aromatic heterocycles. The zero-order valence-electron chi connectivity index (χ0n) is 29.0. The van der Waals surface area contributed by atoms with E-state index in [2.05, 4.69) is 5.32 Å². The van der Waals surface area contributed by atoms with Crippen LogP contribution in [0.25, 0.3) is 0 Å². The molecule has 0 bridgehead atoms. The highest BCUT2D eigenvalue weighted by Crippen LogP contribution is 2.29. The van der Waals surface area contributed by atoms with E-state index in [1.54, 1.807) is 66.7 Å². The van der Waals surface area contributed by atoms with Crippen molar-refractivity contribution in [3.63, 3.8) is 0 Å². The number of hydrogen-bond acceptors (Lipinski definition) is 5. The van der Waals surface area contributed by atoms with Crippen molar-refractivity contribution in [3.8, 4) is 11.5 Å². The first-order valence-corrected chi connectivity index (χ1v) is 18.9. The van der Waals surface area contributed by atoms with Gasteiger partial charge < -0.3 is 15.0 Å². The monoisotopic (exact) mass is 719 g/mol. The predicted molar refractivity (Wildman–Crippen MR) is 200 cm³/mol. The van der Waals surface area contributed by atoms with Crippen LogP contribution in [0.2, 0.25) is 0 Å². The van der Waals surface area contributed by atoms with Gasteiger partial charge in [-0.25, -0.2) is 12.8 Å². The molecule has 52 heavy (non-hydrogen) atoms. The summed E-state index contributed by atoms with van der Waals surface area (Å²) in [7, 11) is -4.31. The van der Waals surface area contributed by atoms with E-state index in [0.29, 0.717) is 11.5 Å². The third kappa shape index (κ3) is 9.05. The SMILES string of the molecule is Cc1ccc(S(=O)(=O)N(CC(=O)N(Cc2ccccc2F)[C@@H](Cc2ccccc2)C(=O)NC2CCCC2)c2ccc(Oc3ccccc3)cc2)cc1. The van der Waals surface area contributed by atoms with E-state index in [1.165, 1.54) is 23.1 Å². The van der Waals surface area contributed by atoms with Gasteiger partial charge in [-0.15, -0.1) is 0 Å². The number of carbonyl (C=O) groups is 2. The van der Waals surface area contributed by atoms with Gasteiger partial charge in [-0.05, 0) is 79.9 Å². The van der Waals surface area contributed by atoms with Gasteiger partial charge in [0.25, 0.3) is 10.0 Å². The van der Waals surface area contributed by atoms with Gasteiger partial charge in [-0.3, -0.25) is 13.9 Å². The molecule has 0 radical (unpaired) electrons. The number of amides is 2. The molecule has 0 spiro atoms. The molecule has 1 saturated carbocycles. The fourth-order valence-corrected chi connectivity index (χ4v) is 7.82. The number of sulfonamides is 1. The number of nitrogens with one attached hydrogen (secondary N) is 1. The van der Waals surface area contributed by atoms with Gasteiger partial charge in [0.05, 0.1) is 10.6 Å². The number of benzene rings is 5. The summed E-state index contributed by atoms with van der Waals surface area (Å²) in [6.45, 7) is 0.960. The maximum absolute atomic E-state index is 15.2. The molecule has 2 amide bonds. The Balaban J connectivity index is 1.39.